The van der Waals surface area contributed by atoms with Gasteiger partial charge in [0.25, 0.3) is 0 Å². The van der Waals surface area contributed by atoms with Gasteiger partial charge in [-0.15, -0.1) is 0 Å². The van der Waals surface area contributed by atoms with Gasteiger partial charge in [-0.05, 0) is 25.0 Å². The summed E-state index contributed by atoms with van der Waals surface area (Å²) in [5.41, 5.74) is 8.37. The maximum atomic E-state index is 6.10. The Hall–Kier alpha value is -1.35. The zero-order valence-corrected chi connectivity index (χ0v) is 10.8. The first-order chi connectivity index (χ1) is 8.84. The predicted molar refractivity (Wildman–Crippen MR) is 74.5 cm³/mol. The Bertz CT molecular complexity index is 488. The predicted octanol–water partition coefficient (Wildman–Crippen LogP) is 3.11. The number of fused-ring (bicyclic) bond motifs is 1. The number of nitrogens with two attached hydrogens (primary N) is 1. The van der Waals surface area contributed by atoms with Crippen LogP contribution < -0.4 is 5.73 Å². The van der Waals surface area contributed by atoms with Gasteiger partial charge in [0.1, 0.15) is 5.82 Å². The van der Waals surface area contributed by atoms with Crippen molar-refractivity contribution >= 4 is 11.0 Å². The number of hydrogen-bond acceptors (Lipinski definition) is 2. The fourth-order valence-electron chi connectivity index (χ4n) is 3.15. The molecule has 3 heteroatoms. The van der Waals surface area contributed by atoms with Crippen LogP contribution in [0.2, 0.25) is 0 Å². The molecule has 0 atom stereocenters. The molecule has 1 saturated carbocycles. The molecule has 0 spiro atoms. The standard InChI is InChI=1S/C15H21N3/c16-11-15(9-5-1-2-6-10-15)14-17-12-7-3-4-8-13(12)18-14/h3-4,7-8H,1-2,5-6,9-11,16H2,(H,17,18). The third kappa shape index (κ3) is 1.93. The van der Waals surface area contributed by atoms with Gasteiger partial charge in [0, 0.05) is 12.0 Å². The molecule has 0 radical (unpaired) electrons. The minimum Gasteiger partial charge on any atom is -0.341 e. The SMILES string of the molecule is NCC1(c2nc3ccccc3[nH]2)CCCCCC1. The van der Waals surface area contributed by atoms with Crippen LogP contribution in [-0.2, 0) is 5.41 Å². The summed E-state index contributed by atoms with van der Waals surface area (Å²) in [6.45, 7) is 0.701. The summed E-state index contributed by atoms with van der Waals surface area (Å²) in [6.07, 6.45) is 7.55. The molecule has 1 fully saturated rings. The maximum Gasteiger partial charge on any atom is 0.114 e. The molecule has 1 aliphatic rings. The molecule has 2 aromatic rings. The van der Waals surface area contributed by atoms with Gasteiger partial charge in [-0.25, -0.2) is 4.98 Å². The Morgan fingerprint density at radius 3 is 2.50 bits per heavy atom. The van der Waals surface area contributed by atoms with Crippen LogP contribution in [0.3, 0.4) is 0 Å². The molecule has 3 nitrogen and oxygen atoms in total. The van der Waals surface area contributed by atoms with Gasteiger partial charge in [0.15, 0.2) is 0 Å². The van der Waals surface area contributed by atoms with Crippen molar-refractivity contribution in [3.05, 3.63) is 30.1 Å². The van der Waals surface area contributed by atoms with Crippen molar-refractivity contribution in [2.45, 2.75) is 43.9 Å². The van der Waals surface area contributed by atoms with E-state index in [0.717, 1.165) is 16.9 Å². The molecule has 0 amide bonds. The van der Waals surface area contributed by atoms with Crippen molar-refractivity contribution in [1.29, 1.82) is 0 Å². The monoisotopic (exact) mass is 243 g/mol. The lowest BCUT2D eigenvalue weighted by molar-refractivity contribution is 0.363. The molecule has 0 aliphatic heterocycles. The van der Waals surface area contributed by atoms with Crippen LogP contribution in [0.5, 0.6) is 0 Å². The second-order valence-electron chi connectivity index (χ2n) is 5.50. The van der Waals surface area contributed by atoms with Crippen LogP contribution in [-0.4, -0.2) is 16.5 Å². The fourth-order valence-corrected chi connectivity index (χ4v) is 3.15. The Morgan fingerprint density at radius 2 is 1.83 bits per heavy atom. The molecule has 3 N–H and O–H groups in total. The van der Waals surface area contributed by atoms with E-state index in [1.165, 1.54) is 38.5 Å². The van der Waals surface area contributed by atoms with Crippen LogP contribution in [0.15, 0.2) is 24.3 Å². The number of hydrogen-bond donors (Lipinski definition) is 2. The third-order valence-corrected chi connectivity index (χ3v) is 4.34. The second kappa shape index (κ2) is 4.73. The van der Waals surface area contributed by atoms with E-state index in [1.54, 1.807) is 0 Å². The Kier molecular flexibility index (Phi) is 3.08. The van der Waals surface area contributed by atoms with E-state index in [0.29, 0.717) is 6.54 Å². The third-order valence-electron chi connectivity index (χ3n) is 4.34. The topological polar surface area (TPSA) is 54.7 Å². The molecule has 0 unspecified atom stereocenters. The van der Waals surface area contributed by atoms with Gasteiger partial charge < -0.3 is 10.7 Å². The lowest BCUT2D eigenvalue weighted by Crippen LogP contribution is -2.35. The van der Waals surface area contributed by atoms with Crippen molar-refractivity contribution in [1.82, 2.24) is 9.97 Å². The van der Waals surface area contributed by atoms with Gasteiger partial charge >= 0.3 is 0 Å². The summed E-state index contributed by atoms with van der Waals surface area (Å²) in [5, 5.41) is 0. The van der Waals surface area contributed by atoms with Crippen molar-refractivity contribution in [3.63, 3.8) is 0 Å². The number of aromatic amines is 1. The Morgan fingerprint density at radius 1 is 1.11 bits per heavy atom. The number of aromatic nitrogens is 2. The van der Waals surface area contributed by atoms with Crippen LogP contribution in [0, 0.1) is 0 Å². The molecule has 1 aromatic carbocycles. The smallest absolute Gasteiger partial charge is 0.114 e. The molecule has 96 valence electrons. The number of rotatable bonds is 2. The Balaban J connectivity index is 2.03. The molecule has 18 heavy (non-hydrogen) atoms. The molecule has 0 bridgehead atoms. The van der Waals surface area contributed by atoms with Crippen LogP contribution >= 0.6 is 0 Å². The highest BCUT2D eigenvalue weighted by Crippen LogP contribution is 2.36. The summed E-state index contributed by atoms with van der Waals surface area (Å²) < 4.78 is 0. The van der Waals surface area contributed by atoms with Crippen molar-refractivity contribution in [2.24, 2.45) is 5.73 Å². The summed E-state index contributed by atoms with van der Waals surface area (Å²) in [7, 11) is 0. The lowest BCUT2D eigenvalue weighted by atomic mass is 9.79. The second-order valence-corrected chi connectivity index (χ2v) is 5.50. The summed E-state index contributed by atoms with van der Waals surface area (Å²) >= 11 is 0. The molecule has 3 rings (SSSR count). The van der Waals surface area contributed by atoms with E-state index < -0.39 is 0 Å². The molecular formula is C15H21N3. The van der Waals surface area contributed by atoms with Gasteiger partial charge in [-0.2, -0.15) is 0 Å². The van der Waals surface area contributed by atoms with E-state index in [-0.39, 0.29) is 5.41 Å². The zero-order chi connectivity index (χ0) is 12.4. The van der Waals surface area contributed by atoms with Crippen LogP contribution in [0.25, 0.3) is 11.0 Å². The van der Waals surface area contributed by atoms with Crippen LogP contribution in [0.4, 0.5) is 0 Å². The first-order valence-electron chi connectivity index (χ1n) is 6.99. The highest BCUT2D eigenvalue weighted by atomic mass is 14.9. The molecule has 0 saturated heterocycles. The highest BCUT2D eigenvalue weighted by Gasteiger charge is 2.34. The van der Waals surface area contributed by atoms with Gasteiger partial charge in [-0.3, -0.25) is 0 Å². The average Bonchev–Trinajstić information content (AvgIpc) is 2.70. The van der Waals surface area contributed by atoms with E-state index in [4.69, 9.17) is 10.7 Å². The molecular weight excluding hydrogens is 222 g/mol. The minimum atomic E-state index is 0.0789. The zero-order valence-electron chi connectivity index (χ0n) is 10.8. The number of nitrogens with one attached hydrogen (secondary N) is 1. The normalized spacial score (nSPS) is 19.8. The van der Waals surface area contributed by atoms with E-state index in [1.807, 2.05) is 12.1 Å². The lowest BCUT2D eigenvalue weighted by Gasteiger charge is -2.29. The number of imidazole rings is 1. The minimum absolute atomic E-state index is 0.0789. The number of benzene rings is 1. The average molecular weight is 243 g/mol. The van der Waals surface area contributed by atoms with Crippen molar-refractivity contribution in [3.8, 4) is 0 Å². The number of nitrogens with zero attached hydrogens (tertiary/aromatic N) is 1. The van der Waals surface area contributed by atoms with Crippen molar-refractivity contribution in [2.75, 3.05) is 6.54 Å². The largest absolute Gasteiger partial charge is 0.341 e. The molecule has 1 heterocycles. The summed E-state index contributed by atoms with van der Waals surface area (Å²) in [5.74, 6) is 1.10. The number of para-hydroxylation sites is 2. The van der Waals surface area contributed by atoms with Crippen molar-refractivity contribution < 1.29 is 0 Å². The molecule has 1 aliphatic carbocycles. The van der Waals surface area contributed by atoms with E-state index >= 15 is 0 Å². The van der Waals surface area contributed by atoms with Gasteiger partial charge in [-0.1, -0.05) is 37.8 Å². The van der Waals surface area contributed by atoms with E-state index in [9.17, 15) is 0 Å². The maximum absolute atomic E-state index is 6.10. The number of H-pyrrole nitrogens is 1. The fraction of sp³-hybridized carbons (Fsp3) is 0.533. The summed E-state index contributed by atoms with van der Waals surface area (Å²) in [6, 6.07) is 8.24. The summed E-state index contributed by atoms with van der Waals surface area (Å²) in [4.78, 5) is 8.28. The van der Waals surface area contributed by atoms with Gasteiger partial charge in [0.05, 0.1) is 11.0 Å². The molecule has 1 aromatic heterocycles. The van der Waals surface area contributed by atoms with E-state index in [2.05, 4.69) is 17.1 Å². The van der Waals surface area contributed by atoms with Crippen LogP contribution in [0.1, 0.15) is 44.3 Å². The highest BCUT2D eigenvalue weighted by molar-refractivity contribution is 5.75. The Labute approximate surface area is 108 Å². The van der Waals surface area contributed by atoms with Gasteiger partial charge in [0.2, 0.25) is 0 Å². The first-order valence-corrected chi connectivity index (χ1v) is 6.99. The quantitative estimate of drug-likeness (QED) is 0.796. The first kappa shape index (κ1) is 11.7.